The normalized spacial score (nSPS) is 23.5. The minimum Gasteiger partial charge on any atom is -0.393 e. The Morgan fingerprint density at radius 1 is 1.03 bits per heavy atom. The van der Waals surface area contributed by atoms with Gasteiger partial charge in [-0.3, -0.25) is 0 Å². The molecule has 1 fully saturated rings. The van der Waals surface area contributed by atoms with Crippen LogP contribution in [0.2, 0.25) is 0 Å². The van der Waals surface area contributed by atoms with E-state index in [4.69, 9.17) is 5.11 Å². The Labute approximate surface area is 178 Å². The zero-order valence-electron chi connectivity index (χ0n) is 17.6. The Morgan fingerprint density at radius 2 is 1.61 bits per heavy atom. The van der Waals surface area contributed by atoms with E-state index in [1.54, 1.807) is 26.0 Å². The summed E-state index contributed by atoms with van der Waals surface area (Å²) in [7, 11) is 0. The molecule has 0 radical (unpaired) electrons. The molecule has 0 aromatic heterocycles. The van der Waals surface area contributed by atoms with Crippen molar-refractivity contribution < 1.29 is 41.7 Å². The van der Waals surface area contributed by atoms with Gasteiger partial charge in [0, 0.05) is 6.42 Å². The van der Waals surface area contributed by atoms with E-state index in [1.807, 2.05) is 6.08 Å². The number of aliphatic hydroxyl groups excluding tert-OH is 2. The maximum atomic E-state index is 12.7. The molecule has 0 amide bonds. The van der Waals surface area contributed by atoms with E-state index >= 15 is 0 Å². The molecule has 0 aromatic carbocycles. The van der Waals surface area contributed by atoms with Crippen molar-refractivity contribution in [1.82, 2.24) is 0 Å². The molecule has 3 N–H and O–H groups in total. The van der Waals surface area contributed by atoms with Gasteiger partial charge in [-0.2, -0.15) is 26.3 Å². The Balaban J connectivity index is 2.57. The van der Waals surface area contributed by atoms with Crippen LogP contribution in [0.15, 0.2) is 48.1 Å². The summed E-state index contributed by atoms with van der Waals surface area (Å²) in [6, 6.07) is 0. The summed E-state index contributed by atoms with van der Waals surface area (Å²) in [6.07, 6.45) is -4.81. The highest BCUT2D eigenvalue weighted by atomic mass is 19.4. The third-order valence-corrected chi connectivity index (χ3v) is 5.32. The monoisotopic (exact) mass is 456 g/mol. The van der Waals surface area contributed by atoms with Crippen molar-refractivity contribution >= 4 is 0 Å². The van der Waals surface area contributed by atoms with Crippen LogP contribution in [0, 0.1) is 5.41 Å². The molecule has 0 saturated heterocycles. The van der Waals surface area contributed by atoms with Gasteiger partial charge >= 0.3 is 12.4 Å². The molecular formula is C22H30F6O3. The molecule has 1 rings (SSSR count). The molecule has 0 spiro atoms. The number of unbranched alkanes of at least 4 members (excludes halogenated alkanes) is 1. The fraction of sp³-hybridized carbons (Fsp3) is 0.636. The second-order valence-electron chi connectivity index (χ2n) is 8.68. The van der Waals surface area contributed by atoms with Gasteiger partial charge in [-0.25, -0.2) is 0 Å². The average molecular weight is 456 g/mol. The van der Waals surface area contributed by atoms with Crippen molar-refractivity contribution in [3.63, 3.8) is 0 Å². The van der Waals surface area contributed by atoms with Crippen LogP contribution in [0.3, 0.4) is 0 Å². The third-order valence-electron chi connectivity index (χ3n) is 5.32. The summed E-state index contributed by atoms with van der Waals surface area (Å²) in [5.74, 6) is 0. The number of hydrogen-bond donors (Lipinski definition) is 3. The molecule has 2 unspecified atom stereocenters. The lowest BCUT2D eigenvalue weighted by Crippen LogP contribution is -2.55. The first kappa shape index (κ1) is 27.5. The van der Waals surface area contributed by atoms with E-state index in [-0.39, 0.29) is 18.9 Å². The summed E-state index contributed by atoms with van der Waals surface area (Å²) >= 11 is 0. The van der Waals surface area contributed by atoms with Gasteiger partial charge in [0.15, 0.2) is 0 Å². The lowest BCUT2D eigenvalue weighted by molar-refractivity contribution is -0.347. The number of halogens is 6. The largest absolute Gasteiger partial charge is 0.429 e. The smallest absolute Gasteiger partial charge is 0.393 e. The third kappa shape index (κ3) is 7.80. The second-order valence-corrected chi connectivity index (χ2v) is 8.68. The lowest BCUT2D eigenvalue weighted by Gasteiger charge is -2.30. The van der Waals surface area contributed by atoms with Crippen molar-refractivity contribution in [3.05, 3.63) is 48.1 Å². The maximum absolute atomic E-state index is 12.7. The van der Waals surface area contributed by atoms with Crippen molar-refractivity contribution in [2.24, 2.45) is 5.41 Å². The molecule has 178 valence electrons. The van der Waals surface area contributed by atoms with E-state index in [0.717, 1.165) is 11.6 Å². The maximum Gasteiger partial charge on any atom is 0.429 e. The van der Waals surface area contributed by atoms with Crippen molar-refractivity contribution in [3.8, 4) is 0 Å². The Kier molecular flexibility index (Phi) is 9.17. The Hall–Kier alpha value is -1.58. The molecule has 0 bridgehead atoms. The highest BCUT2D eigenvalue weighted by Crippen LogP contribution is 2.44. The average Bonchev–Trinajstić information content (AvgIpc) is 2.59. The minimum atomic E-state index is -5.86. The fourth-order valence-electron chi connectivity index (χ4n) is 3.24. The molecule has 1 aliphatic carbocycles. The Morgan fingerprint density at radius 3 is 2.16 bits per heavy atom. The predicted octanol–water partition coefficient (Wildman–Crippen LogP) is 5.54. The van der Waals surface area contributed by atoms with Crippen LogP contribution >= 0.6 is 0 Å². The van der Waals surface area contributed by atoms with Gasteiger partial charge in [-0.15, -0.1) is 0 Å². The molecule has 1 saturated carbocycles. The molecule has 3 nitrogen and oxygen atoms in total. The highest BCUT2D eigenvalue weighted by molar-refractivity contribution is 5.37. The molecule has 1 aliphatic rings. The molecule has 31 heavy (non-hydrogen) atoms. The fourth-order valence-corrected chi connectivity index (χ4v) is 3.24. The molecule has 9 heteroatoms. The van der Waals surface area contributed by atoms with Crippen molar-refractivity contribution in [2.45, 2.75) is 82.5 Å². The summed E-state index contributed by atoms with van der Waals surface area (Å²) in [5, 5.41) is 28.6. The van der Waals surface area contributed by atoms with Gasteiger partial charge in [0.05, 0.1) is 12.2 Å². The van der Waals surface area contributed by atoms with E-state index < -0.39 is 35.6 Å². The van der Waals surface area contributed by atoms with Gasteiger partial charge in [0.2, 0.25) is 0 Å². The summed E-state index contributed by atoms with van der Waals surface area (Å²) in [4.78, 5) is 0. The highest BCUT2D eigenvalue weighted by Gasteiger charge is 2.68. The molecule has 0 aliphatic heterocycles. The van der Waals surface area contributed by atoms with Crippen molar-refractivity contribution in [2.75, 3.05) is 0 Å². The van der Waals surface area contributed by atoms with Crippen LogP contribution in [-0.4, -0.2) is 45.5 Å². The van der Waals surface area contributed by atoms with Gasteiger partial charge in [0.1, 0.15) is 0 Å². The summed E-state index contributed by atoms with van der Waals surface area (Å²) < 4.78 is 76.1. The van der Waals surface area contributed by atoms with Gasteiger partial charge in [-0.1, -0.05) is 44.7 Å². The van der Waals surface area contributed by atoms with E-state index in [0.29, 0.717) is 31.3 Å². The SMILES string of the molecule is C=C1/C(=C\C=C\CCCC(C)(C)C/C=C/C(O)(C(F)(F)F)C(F)(F)F)CC(O)CC1O. The van der Waals surface area contributed by atoms with E-state index in [9.17, 15) is 36.6 Å². The number of alkyl halides is 6. The number of rotatable bonds is 8. The predicted molar refractivity (Wildman–Crippen MR) is 106 cm³/mol. The number of aliphatic hydroxyl groups is 3. The zero-order valence-corrected chi connectivity index (χ0v) is 17.6. The standard InChI is InChI=1S/C22H30F6O3/c1-15-16(13-17(29)14-18(15)30)9-6-4-5-7-10-19(2,3)11-8-12-20(31,21(23,24)25)22(26,27)28/h4,6,8-9,12,17-18,29-31H,1,5,7,10-11,13-14H2,2-3H3/b6-4+,12-8+,16-9-. The topological polar surface area (TPSA) is 60.7 Å². The van der Waals surface area contributed by atoms with Gasteiger partial charge in [-0.05, 0) is 54.7 Å². The molecular weight excluding hydrogens is 426 g/mol. The van der Waals surface area contributed by atoms with Gasteiger partial charge < -0.3 is 15.3 Å². The first-order valence-electron chi connectivity index (χ1n) is 9.95. The van der Waals surface area contributed by atoms with Crippen LogP contribution in [-0.2, 0) is 0 Å². The van der Waals surface area contributed by atoms with Crippen LogP contribution in [0.1, 0.15) is 52.4 Å². The first-order valence-corrected chi connectivity index (χ1v) is 9.95. The number of hydrogen-bond acceptors (Lipinski definition) is 3. The second kappa shape index (κ2) is 10.4. The minimum absolute atomic E-state index is 0.0646. The first-order chi connectivity index (χ1) is 14.0. The summed E-state index contributed by atoms with van der Waals surface area (Å²) in [5.41, 5.74) is -4.10. The van der Waals surface area contributed by atoms with E-state index in [2.05, 4.69) is 6.58 Å². The van der Waals surface area contributed by atoms with Crippen LogP contribution in [0.5, 0.6) is 0 Å². The van der Waals surface area contributed by atoms with E-state index in [1.165, 1.54) is 0 Å². The zero-order chi connectivity index (χ0) is 24.1. The summed E-state index contributed by atoms with van der Waals surface area (Å²) in [6.45, 7) is 7.25. The van der Waals surface area contributed by atoms with Crippen LogP contribution in [0.4, 0.5) is 26.3 Å². The van der Waals surface area contributed by atoms with Crippen LogP contribution < -0.4 is 0 Å². The van der Waals surface area contributed by atoms with Crippen LogP contribution in [0.25, 0.3) is 0 Å². The number of allylic oxidation sites excluding steroid dienone is 4. The lowest BCUT2D eigenvalue weighted by atomic mass is 9.83. The quantitative estimate of drug-likeness (QED) is 0.255. The molecule has 0 aromatic rings. The van der Waals surface area contributed by atoms with Crippen molar-refractivity contribution in [1.29, 1.82) is 0 Å². The van der Waals surface area contributed by atoms with Gasteiger partial charge in [0.25, 0.3) is 5.60 Å². The molecule has 0 heterocycles. The molecule has 2 atom stereocenters. The Bertz CT molecular complexity index is 687.